The molecule has 25 heavy (non-hydrogen) atoms. The number of hydrogen-bond donors (Lipinski definition) is 2. The van der Waals surface area contributed by atoms with Crippen LogP contribution >= 0.6 is 11.3 Å². The van der Waals surface area contributed by atoms with E-state index in [-0.39, 0.29) is 29.0 Å². The van der Waals surface area contributed by atoms with E-state index in [9.17, 15) is 14.5 Å². The van der Waals surface area contributed by atoms with Gasteiger partial charge >= 0.3 is 5.97 Å². The van der Waals surface area contributed by atoms with Gasteiger partial charge in [0.2, 0.25) is 0 Å². The molecule has 0 aliphatic carbocycles. The first kappa shape index (κ1) is 22.4. The molecule has 6 nitrogen and oxygen atoms in total. The highest BCUT2D eigenvalue weighted by atomic mass is 32.2. The third-order valence-electron chi connectivity index (χ3n) is 3.91. The Morgan fingerprint density at radius 3 is 2.64 bits per heavy atom. The van der Waals surface area contributed by atoms with Gasteiger partial charge in [-0.05, 0) is 40.0 Å². The average Bonchev–Trinajstić information content (AvgIpc) is 3.02. The Balaban J connectivity index is 2.81. The van der Waals surface area contributed by atoms with E-state index in [4.69, 9.17) is 4.74 Å². The summed E-state index contributed by atoms with van der Waals surface area (Å²) >= 11 is 0.0125. The minimum absolute atomic E-state index is 0.116. The largest absolute Gasteiger partial charge is 0.598 e. The summed E-state index contributed by atoms with van der Waals surface area (Å²) in [4.78, 5) is 15.9. The maximum Gasteiger partial charge on any atom is 0.357 e. The molecule has 0 spiro atoms. The lowest BCUT2D eigenvalue weighted by atomic mass is 9.95. The smallest absolute Gasteiger partial charge is 0.357 e. The second kappa shape index (κ2) is 9.87. The van der Waals surface area contributed by atoms with Crippen LogP contribution in [0.4, 0.5) is 0 Å². The van der Waals surface area contributed by atoms with Crippen molar-refractivity contribution in [1.29, 1.82) is 0 Å². The molecule has 0 saturated carbocycles. The molecule has 0 aliphatic rings. The third kappa shape index (κ3) is 6.86. The van der Waals surface area contributed by atoms with Gasteiger partial charge in [0.25, 0.3) is 0 Å². The molecule has 0 saturated heterocycles. The Bertz CT molecular complexity index is 545. The molecule has 1 rings (SSSR count). The number of carbonyl (C=O) groups excluding carboxylic acids is 1. The maximum atomic E-state index is 12.4. The summed E-state index contributed by atoms with van der Waals surface area (Å²) in [5.74, 6) is -0.243. The van der Waals surface area contributed by atoms with Crippen LogP contribution in [0.5, 0.6) is 0 Å². The Hall–Kier alpha value is -0.670. The summed E-state index contributed by atoms with van der Waals surface area (Å²) in [7, 11) is 0. The summed E-state index contributed by atoms with van der Waals surface area (Å²) in [6, 6.07) is -0.116. The van der Waals surface area contributed by atoms with Crippen molar-refractivity contribution in [3.63, 3.8) is 0 Å². The zero-order chi connectivity index (χ0) is 19.2. The number of nitrogens with zero attached hydrogens (tertiary/aromatic N) is 1. The average molecular weight is 391 g/mol. The Labute approximate surface area is 157 Å². The molecule has 0 radical (unpaired) electrons. The Kier molecular flexibility index (Phi) is 8.83. The van der Waals surface area contributed by atoms with Crippen LogP contribution in [0, 0.1) is 5.92 Å². The molecule has 2 N–H and O–H groups in total. The molecule has 0 amide bonds. The number of thiazole rings is 1. The van der Waals surface area contributed by atoms with Crippen molar-refractivity contribution in [2.45, 2.75) is 71.3 Å². The fourth-order valence-corrected chi connectivity index (χ4v) is 3.82. The van der Waals surface area contributed by atoms with Crippen molar-refractivity contribution in [2.75, 3.05) is 6.61 Å². The van der Waals surface area contributed by atoms with Crippen LogP contribution in [0.1, 0.15) is 76.0 Å². The van der Waals surface area contributed by atoms with E-state index < -0.39 is 23.4 Å². The number of hydrogen-bond acceptors (Lipinski definition) is 7. The number of aromatic nitrogens is 1. The van der Waals surface area contributed by atoms with Gasteiger partial charge in [-0.25, -0.2) is 9.78 Å². The predicted molar refractivity (Wildman–Crippen MR) is 102 cm³/mol. The maximum absolute atomic E-state index is 12.4. The summed E-state index contributed by atoms with van der Waals surface area (Å²) in [6.45, 7) is 11.9. The first-order valence-electron chi connectivity index (χ1n) is 8.58. The van der Waals surface area contributed by atoms with Crippen LogP contribution in [0.15, 0.2) is 5.38 Å². The molecule has 144 valence electrons. The topological polar surface area (TPSA) is 94.5 Å². The quantitative estimate of drug-likeness (QED) is 0.497. The summed E-state index contributed by atoms with van der Waals surface area (Å²) in [5.41, 5.74) is 0.215. The molecule has 8 heteroatoms. The van der Waals surface area contributed by atoms with E-state index >= 15 is 0 Å². The van der Waals surface area contributed by atoms with Gasteiger partial charge in [-0.3, -0.25) is 0 Å². The van der Waals surface area contributed by atoms with E-state index in [1.165, 1.54) is 11.3 Å². The zero-order valence-corrected chi connectivity index (χ0v) is 17.5. The molecular weight excluding hydrogens is 360 g/mol. The highest BCUT2D eigenvalue weighted by Crippen LogP contribution is 2.27. The van der Waals surface area contributed by atoms with Gasteiger partial charge in [0.1, 0.15) is 15.9 Å². The minimum atomic E-state index is -1.22. The number of esters is 1. The monoisotopic (exact) mass is 390 g/mol. The van der Waals surface area contributed by atoms with Crippen LogP contribution in [0.25, 0.3) is 0 Å². The summed E-state index contributed by atoms with van der Waals surface area (Å²) in [6.07, 6.45) is 0.459. The van der Waals surface area contributed by atoms with Crippen molar-refractivity contribution >= 4 is 28.7 Å². The van der Waals surface area contributed by atoms with E-state index in [2.05, 4.69) is 23.6 Å². The molecule has 2 unspecified atom stereocenters. The molecule has 1 heterocycles. The van der Waals surface area contributed by atoms with Gasteiger partial charge < -0.3 is 14.4 Å². The van der Waals surface area contributed by atoms with E-state index in [0.717, 1.165) is 6.42 Å². The minimum Gasteiger partial charge on any atom is -0.598 e. The SMILES string of the molecule is CCOC(=O)c1csc([C@H](O)C[C@@H](N[S+]([O-])C(C)(C)C)C(C)CC)n1. The molecule has 0 bridgehead atoms. The summed E-state index contributed by atoms with van der Waals surface area (Å²) < 4.78 is 20.1. The number of nitrogens with one attached hydrogen (secondary N) is 1. The fraction of sp³-hybridized carbons (Fsp3) is 0.765. The van der Waals surface area contributed by atoms with Gasteiger partial charge in [-0.2, -0.15) is 0 Å². The first-order valence-corrected chi connectivity index (χ1v) is 10.6. The van der Waals surface area contributed by atoms with Crippen molar-refractivity contribution in [3.8, 4) is 0 Å². The van der Waals surface area contributed by atoms with Crippen molar-refractivity contribution in [1.82, 2.24) is 9.71 Å². The lowest BCUT2D eigenvalue weighted by Gasteiger charge is -2.31. The van der Waals surface area contributed by atoms with Crippen LogP contribution in [0.3, 0.4) is 0 Å². The normalized spacial score (nSPS) is 17.0. The molecule has 1 aromatic rings. The van der Waals surface area contributed by atoms with E-state index in [1.807, 2.05) is 20.8 Å². The van der Waals surface area contributed by atoms with E-state index in [0.29, 0.717) is 11.4 Å². The Morgan fingerprint density at radius 2 is 2.12 bits per heavy atom. The second-order valence-corrected chi connectivity index (χ2v) is 9.92. The van der Waals surface area contributed by atoms with Crippen LogP contribution < -0.4 is 4.72 Å². The van der Waals surface area contributed by atoms with Crippen LogP contribution in [-0.4, -0.2) is 38.0 Å². The molecule has 0 aliphatic heterocycles. The standard InChI is InChI=1S/C17H30N2O4S2/c1-7-11(3)12(19-25(22)17(4,5)6)9-14(20)15-18-13(10-24-15)16(21)23-8-2/h10-12,14,19-20H,7-9H2,1-6H3/t11?,12-,14-,25?/m1/s1. The first-order chi connectivity index (χ1) is 11.6. The van der Waals surface area contributed by atoms with E-state index in [1.54, 1.807) is 12.3 Å². The number of aliphatic hydroxyl groups excluding tert-OH is 1. The fourth-order valence-electron chi connectivity index (χ4n) is 2.08. The second-order valence-electron chi connectivity index (χ2n) is 7.03. The van der Waals surface area contributed by atoms with Crippen molar-refractivity contribution in [3.05, 3.63) is 16.1 Å². The van der Waals surface area contributed by atoms with Gasteiger partial charge in [0.05, 0.1) is 12.6 Å². The zero-order valence-electron chi connectivity index (χ0n) is 15.9. The lowest BCUT2D eigenvalue weighted by molar-refractivity contribution is 0.0519. The highest BCUT2D eigenvalue weighted by molar-refractivity contribution is 7.90. The van der Waals surface area contributed by atoms with Crippen molar-refractivity contribution < 1.29 is 19.2 Å². The highest BCUT2D eigenvalue weighted by Gasteiger charge is 2.32. The molecule has 1 aromatic heterocycles. The van der Waals surface area contributed by atoms with Crippen molar-refractivity contribution in [2.24, 2.45) is 5.92 Å². The molecule has 4 atom stereocenters. The summed E-state index contributed by atoms with van der Waals surface area (Å²) in [5, 5.41) is 12.6. The lowest BCUT2D eigenvalue weighted by Crippen LogP contribution is -2.47. The van der Waals surface area contributed by atoms with Gasteiger partial charge in [0, 0.05) is 16.7 Å². The van der Waals surface area contributed by atoms with Gasteiger partial charge in [-0.15, -0.1) is 16.1 Å². The Morgan fingerprint density at radius 1 is 1.48 bits per heavy atom. The number of ether oxygens (including phenoxy) is 1. The number of aliphatic hydroxyl groups is 1. The molecular formula is C17H30N2O4S2. The van der Waals surface area contributed by atoms with Gasteiger partial charge in [0.15, 0.2) is 5.69 Å². The van der Waals surface area contributed by atoms with Gasteiger partial charge in [-0.1, -0.05) is 20.3 Å². The predicted octanol–water partition coefficient (Wildman–Crippen LogP) is 3.21. The third-order valence-corrected chi connectivity index (χ3v) is 6.49. The number of rotatable bonds is 9. The van der Waals surface area contributed by atoms with Crippen LogP contribution in [0.2, 0.25) is 0 Å². The van der Waals surface area contributed by atoms with Crippen LogP contribution in [-0.2, 0) is 16.1 Å². The molecule has 0 aromatic carbocycles. The number of carbonyl (C=O) groups is 1. The molecule has 0 fully saturated rings.